The normalized spacial score (nSPS) is 11.5. The van der Waals surface area contributed by atoms with Gasteiger partial charge in [0.15, 0.2) is 11.9 Å². The van der Waals surface area contributed by atoms with Gasteiger partial charge in [-0.25, -0.2) is 4.79 Å². The van der Waals surface area contributed by atoms with Crippen molar-refractivity contribution < 1.29 is 19.1 Å². The minimum Gasteiger partial charge on any atom is -0.449 e. The summed E-state index contributed by atoms with van der Waals surface area (Å²) in [5.74, 6) is -1.09. The molecule has 0 fully saturated rings. The standard InChI is InChI=1S/C18H16BrNO4/c1-11(21)13-7-9-14(10-8-13)20-17(22)12(2)24-18(23)15-5-3-4-6-16(15)19/h3-10,12H,1-2H3,(H,20,22)/t12-/m1/s1. The number of amides is 1. The maximum absolute atomic E-state index is 12.1. The molecule has 2 aromatic rings. The summed E-state index contributed by atoms with van der Waals surface area (Å²) in [5.41, 5.74) is 1.43. The number of carbonyl (C=O) groups excluding carboxylic acids is 3. The Morgan fingerprint density at radius 3 is 2.25 bits per heavy atom. The second-order valence-electron chi connectivity index (χ2n) is 5.15. The number of rotatable bonds is 5. The van der Waals surface area contributed by atoms with Gasteiger partial charge in [0.05, 0.1) is 5.56 Å². The molecule has 0 aliphatic rings. The first kappa shape index (κ1) is 17.9. The van der Waals surface area contributed by atoms with Gasteiger partial charge in [0.2, 0.25) is 0 Å². The first-order valence-electron chi connectivity index (χ1n) is 7.26. The van der Waals surface area contributed by atoms with Gasteiger partial charge in [0.1, 0.15) is 0 Å². The van der Waals surface area contributed by atoms with Gasteiger partial charge in [0.25, 0.3) is 5.91 Å². The van der Waals surface area contributed by atoms with Crippen molar-refractivity contribution in [2.45, 2.75) is 20.0 Å². The van der Waals surface area contributed by atoms with Crippen LogP contribution >= 0.6 is 15.9 Å². The molecule has 0 saturated heterocycles. The van der Waals surface area contributed by atoms with Crippen LogP contribution < -0.4 is 5.32 Å². The molecular weight excluding hydrogens is 374 g/mol. The molecule has 0 unspecified atom stereocenters. The Hall–Kier alpha value is -2.47. The lowest BCUT2D eigenvalue weighted by Gasteiger charge is -2.14. The van der Waals surface area contributed by atoms with Crippen LogP contribution in [0.1, 0.15) is 34.6 Å². The quantitative estimate of drug-likeness (QED) is 0.622. The van der Waals surface area contributed by atoms with Crippen molar-refractivity contribution in [1.29, 1.82) is 0 Å². The maximum Gasteiger partial charge on any atom is 0.340 e. The molecule has 124 valence electrons. The summed E-state index contributed by atoms with van der Waals surface area (Å²) >= 11 is 3.27. The smallest absolute Gasteiger partial charge is 0.340 e. The Bertz CT molecular complexity index is 771. The number of ether oxygens (including phenoxy) is 1. The fraction of sp³-hybridized carbons (Fsp3) is 0.167. The van der Waals surface area contributed by atoms with E-state index in [1.807, 2.05) is 0 Å². The highest BCUT2D eigenvalue weighted by Crippen LogP contribution is 2.18. The summed E-state index contributed by atoms with van der Waals surface area (Å²) < 4.78 is 5.78. The van der Waals surface area contributed by atoms with Crippen molar-refractivity contribution in [3.05, 3.63) is 64.1 Å². The van der Waals surface area contributed by atoms with Gasteiger partial charge in [-0.1, -0.05) is 12.1 Å². The van der Waals surface area contributed by atoms with Crippen LogP contribution in [0.3, 0.4) is 0 Å². The van der Waals surface area contributed by atoms with Crippen LogP contribution in [0.25, 0.3) is 0 Å². The van der Waals surface area contributed by atoms with Gasteiger partial charge in [-0.2, -0.15) is 0 Å². The number of Topliss-reactive ketones (excluding diaryl/α,β-unsaturated/α-hetero) is 1. The second kappa shape index (κ2) is 7.88. The average molecular weight is 390 g/mol. The number of hydrogen-bond donors (Lipinski definition) is 1. The molecule has 6 heteroatoms. The van der Waals surface area contributed by atoms with Crippen LogP contribution in [0.4, 0.5) is 5.69 Å². The van der Waals surface area contributed by atoms with Crippen molar-refractivity contribution in [3.8, 4) is 0 Å². The first-order valence-corrected chi connectivity index (χ1v) is 8.05. The lowest BCUT2D eigenvalue weighted by molar-refractivity contribution is -0.123. The van der Waals surface area contributed by atoms with Gasteiger partial charge in [-0.05, 0) is 66.2 Å². The number of halogens is 1. The number of ketones is 1. The van der Waals surface area contributed by atoms with Crippen LogP contribution in [0.5, 0.6) is 0 Å². The number of nitrogens with one attached hydrogen (secondary N) is 1. The van der Waals surface area contributed by atoms with E-state index in [4.69, 9.17) is 4.74 Å². The molecule has 0 aliphatic carbocycles. The molecule has 24 heavy (non-hydrogen) atoms. The highest BCUT2D eigenvalue weighted by Gasteiger charge is 2.20. The number of anilines is 1. The molecule has 1 amide bonds. The number of hydrogen-bond acceptors (Lipinski definition) is 4. The van der Waals surface area contributed by atoms with Gasteiger partial charge in [-0.3, -0.25) is 9.59 Å². The lowest BCUT2D eigenvalue weighted by atomic mass is 10.1. The first-order chi connectivity index (χ1) is 11.4. The third-order valence-corrected chi connectivity index (χ3v) is 4.00. The second-order valence-corrected chi connectivity index (χ2v) is 6.00. The topological polar surface area (TPSA) is 72.5 Å². The number of carbonyl (C=O) groups is 3. The molecule has 0 saturated carbocycles. The third kappa shape index (κ3) is 4.52. The molecule has 5 nitrogen and oxygen atoms in total. The van der Waals surface area contributed by atoms with E-state index in [0.29, 0.717) is 21.3 Å². The minimum atomic E-state index is -0.961. The molecule has 0 radical (unpaired) electrons. The zero-order valence-corrected chi connectivity index (χ0v) is 14.8. The third-order valence-electron chi connectivity index (χ3n) is 3.31. The average Bonchev–Trinajstić information content (AvgIpc) is 2.55. The zero-order chi connectivity index (χ0) is 17.7. The summed E-state index contributed by atoms with van der Waals surface area (Å²) in [5, 5.41) is 2.64. The number of esters is 1. The predicted octanol–water partition coefficient (Wildman–Crippen LogP) is 3.84. The largest absolute Gasteiger partial charge is 0.449 e. The maximum atomic E-state index is 12.1. The van der Waals surface area contributed by atoms with E-state index in [-0.39, 0.29) is 5.78 Å². The molecule has 0 aromatic heterocycles. The molecule has 0 spiro atoms. The van der Waals surface area contributed by atoms with Gasteiger partial charge in [0, 0.05) is 15.7 Å². The van der Waals surface area contributed by atoms with Crippen molar-refractivity contribution in [1.82, 2.24) is 0 Å². The van der Waals surface area contributed by atoms with Gasteiger partial charge < -0.3 is 10.1 Å². The zero-order valence-electron chi connectivity index (χ0n) is 13.2. The SMILES string of the molecule is CC(=O)c1ccc(NC(=O)[C@@H](C)OC(=O)c2ccccc2Br)cc1. The van der Waals surface area contributed by atoms with Crippen molar-refractivity contribution in [3.63, 3.8) is 0 Å². The summed E-state index contributed by atoms with van der Waals surface area (Å²) in [6.45, 7) is 2.96. The summed E-state index contributed by atoms with van der Waals surface area (Å²) in [6, 6.07) is 13.3. The van der Waals surface area contributed by atoms with Crippen LogP contribution in [0.15, 0.2) is 53.0 Å². The monoisotopic (exact) mass is 389 g/mol. The summed E-state index contributed by atoms with van der Waals surface area (Å²) in [7, 11) is 0. The summed E-state index contributed by atoms with van der Waals surface area (Å²) in [6.07, 6.45) is -0.961. The van der Waals surface area contributed by atoms with Gasteiger partial charge in [-0.15, -0.1) is 0 Å². The minimum absolute atomic E-state index is 0.0522. The van der Waals surface area contributed by atoms with E-state index in [2.05, 4.69) is 21.2 Å². The molecule has 1 N–H and O–H groups in total. The Morgan fingerprint density at radius 2 is 1.67 bits per heavy atom. The Labute approximate surface area is 148 Å². The molecule has 0 aliphatic heterocycles. The van der Waals surface area contributed by atoms with Crippen LogP contribution in [0, 0.1) is 0 Å². The van der Waals surface area contributed by atoms with Gasteiger partial charge >= 0.3 is 5.97 Å². The van der Waals surface area contributed by atoms with Crippen LogP contribution in [-0.2, 0) is 9.53 Å². The molecule has 2 rings (SSSR count). The van der Waals surface area contributed by atoms with E-state index in [9.17, 15) is 14.4 Å². The van der Waals surface area contributed by atoms with E-state index in [1.54, 1.807) is 48.5 Å². The highest BCUT2D eigenvalue weighted by atomic mass is 79.9. The van der Waals surface area contributed by atoms with E-state index >= 15 is 0 Å². The van der Waals surface area contributed by atoms with Crippen LogP contribution in [0.2, 0.25) is 0 Å². The number of benzene rings is 2. The highest BCUT2D eigenvalue weighted by molar-refractivity contribution is 9.10. The van der Waals surface area contributed by atoms with E-state index in [0.717, 1.165) is 0 Å². The van der Waals surface area contributed by atoms with E-state index < -0.39 is 18.0 Å². The summed E-state index contributed by atoms with van der Waals surface area (Å²) in [4.78, 5) is 35.4. The molecule has 0 heterocycles. The molecule has 0 bridgehead atoms. The fourth-order valence-corrected chi connectivity index (χ4v) is 2.38. The van der Waals surface area contributed by atoms with Crippen molar-refractivity contribution >= 4 is 39.3 Å². The predicted molar refractivity (Wildman–Crippen MR) is 94.1 cm³/mol. The molecule has 1 atom stereocenters. The Kier molecular flexibility index (Phi) is 5.87. The van der Waals surface area contributed by atoms with Crippen LogP contribution in [-0.4, -0.2) is 23.8 Å². The Balaban J connectivity index is 1.98. The molecule has 2 aromatic carbocycles. The molecular formula is C18H16BrNO4. The lowest BCUT2D eigenvalue weighted by Crippen LogP contribution is -2.30. The Morgan fingerprint density at radius 1 is 1.04 bits per heavy atom. The van der Waals surface area contributed by atoms with Crippen molar-refractivity contribution in [2.75, 3.05) is 5.32 Å². The van der Waals surface area contributed by atoms with E-state index in [1.165, 1.54) is 13.8 Å². The van der Waals surface area contributed by atoms with Crippen molar-refractivity contribution in [2.24, 2.45) is 0 Å². The fourth-order valence-electron chi connectivity index (χ4n) is 1.94.